The quantitative estimate of drug-likeness (QED) is 0.368. The van der Waals surface area contributed by atoms with Gasteiger partial charge in [-0.3, -0.25) is 4.79 Å². The van der Waals surface area contributed by atoms with Crippen LogP contribution in [0.4, 0.5) is 5.69 Å². The van der Waals surface area contributed by atoms with Gasteiger partial charge in [0, 0.05) is 15.5 Å². The van der Waals surface area contributed by atoms with Gasteiger partial charge in [-0.2, -0.15) is 5.26 Å². The summed E-state index contributed by atoms with van der Waals surface area (Å²) >= 11 is 2.17. The predicted octanol–water partition coefficient (Wildman–Crippen LogP) is 2.64. The molecule has 7 heteroatoms. The molecule has 1 aromatic rings. The third-order valence-electron chi connectivity index (χ3n) is 3.14. The number of aryl methyl sites for hydroxylation is 1. The molecule has 0 fully saturated rings. The Balaban J connectivity index is 2.88. The van der Waals surface area contributed by atoms with E-state index in [1.165, 1.54) is 0 Å². The van der Waals surface area contributed by atoms with E-state index in [1.807, 2.05) is 19.1 Å². The lowest BCUT2D eigenvalue weighted by Crippen LogP contribution is -2.38. The molecule has 1 aromatic carbocycles. The molecule has 0 aliphatic heterocycles. The zero-order valence-electron chi connectivity index (χ0n) is 13.1. The summed E-state index contributed by atoms with van der Waals surface area (Å²) in [5, 5.41) is 23.5. The second-order valence-electron chi connectivity index (χ2n) is 5.31. The molecule has 1 unspecified atom stereocenters. The molecule has 0 aliphatic carbocycles. The van der Waals surface area contributed by atoms with Gasteiger partial charge in [-0.1, -0.05) is 13.8 Å². The van der Waals surface area contributed by atoms with Crippen molar-refractivity contribution in [2.45, 2.75) is 26.8 Å². The number of carbonyl (C=O) groups excluding carboxylic acids is 1. The van der Waals surface area contributed by atoms with Gasteiger partial charge in [-0.05, 0) is 59.2 Å². The van der Waals surface area contributed by atoms with Crippen LogP contribution >= 0.6 is 22.6 Å². The third kappa shape index (κ3) is 5.56. The van der Waals surface area contributed by atoms with Crippen LogP contribution in [0, 0.1) is 27.7 Å². The Morgan fingerprint density at radius 1 is 1.39 bits per heavy atom. The molecule has 0 saturated carbocycles. The highest BCUT2D eigenvalue weighted by molar-refractivity contribution is 14.1. The number of hydrogen-bond acceptors (Lipinski definition) is 4. The van der Waals surface area contributed by atoms with Crippen LogP contribution in [0.15, 0.2) is 30.0 Å². The maximum atomic E-state index is 12.1. The monoisotopic (exact) mass is 427 g/mol. The van der Waals surface area contributed by atoms with Crippen LogP contribution in [-0.2, 0) is 9.59 Å². The van der Waals surface area contributed by atoms with Gasteiger partial charge >= 0.3 is 5.97 Å². The molecule has 1 atom stereocenters. The van der Waals surface area contributed by atoms with E-state index in [2.05, 4.69) is 33.2 Å². The third-order valence-corrected chi connectivity index (χ3v) is 3.81. The molecule has 1 amide bonds. The number of carboxylic acids is 1. The van der Waals surface area contributed by atoms with Crippen LogP contribution < -0.4 is 10.6 Å². The highest BCUT2D eigenvalue weighted by Gasteiger charge is 2.20. The fraction of sp³-hybridized carbons (Fsp3) is 0.312. The van der Waals surface area contributed by atoms with E-state index in [0.717, 1.165) is 15.3 Å². The summed E-state index contributed by atoms with van der Waals surface area (Å²) in [6.45, 7) is 5.33. The van der Waals surface area contributed by atoms with Crippen molar-refractivity contribution in [1.29, 1.82) is 5.26 Å². The van der Waals surface area contributed by atoms with Crippen LogP contribution in [0.5, 0.6) is 0 Å². The molecular weight excluding hydrogens is 409 g/mol. The number of anilines is 1. The fourth-order valence-corrected chi connectivity index (χ4v) is 2.47. The minimum absolute atomic E-state index is 0.185. The maximum absolute atomic E-state index is 12.1. The number of amides is 1. The van der Waals surface area contributed by atoms with Crippen molar-refractivity contribution < 1.29 is 14.7 Å². The summed E-state index contributed by atoms with van der Waals surface area (Å²) in [6, 6.07) is 6.41. The number of aliphatic carboxylic acids is 1. The van der Waals surface area contributed by atoms with E-state index in [9.17, 15) is 9.59 Å². The normalized spacial score (nSPS) is 12.4. The molecule has 0 aromatic heterocycles. The summed E-state index contributed by atoms with van der Waals surface area (Å²) in [7, 11) is 0. The second kappa shape index (κ2) is 8.53. The number of hydrogen-bond donors (Lipinski definition) is 3. The Labute approximate surface area is 148 Å². The van der Waals surface area contributed by atoms with Gasteiger partial charge in [0.15, 0.2) is 0 Å². The SMILES string of the molecule is Cc1cc(I)ccc1NC(=O)/C(C#N)=C\NC(C(=O)O)C(C)C. The van der Waals surface area contributed by atoms with Gasteiger partial charge in [0.25, 0.3) is 5.91 Å². The minimum atomic E-state index is -1.04. The first-order valence-electron chi connectivity index (χ1n) is 6.93. The lowest BCUT2D eigenvalue weighted by Gasteiger charge is -2.16. The molecule has 0 heterocycles. The van der Waals surface area contributed by atoms with Gasteiger partial charge in [0.1, 0.15) is 17.7 Å². The Hall–Kier alpha value is -2.08. The first kappa shape index (κ1) is 19.0. The fourth-order valence-electron chi connectivity index (χ4n) is 1.83. The average Bonchev–Trinajstić information content (AvgIpc) is 2.45. The van der Waals surface area contributed by atoms with Crippen LogP contribution in [0.1, 0.15) is 19.4 Å². The van der Waals surface area contributed by atoms with E-state index in [4.69, 9.17) is 10.4 Å². The summed E-state index contributed by atoms with van der Waals surface area (Å²) in [4.78, 5) is 23.2. The molecule has 6 nitrogen and oxygen atoms in total. The topological polar surface area (TPSA) is 102 Å². The van der Waals surface area contributed by atoms with E-state index < -0.39 is 17.9 Å². The number of benzene rings is 1. The molecule has 0 spiro atoms. The Morgan fingerprint density at radius 2 is 2.04 bits per heavy atom. The number of rotatable bonds is 6. The van der Waals surface area contributed by atoms with Crippen LogP contribution in [0.3, 0.4) is 0 Å². The van der Waals surface area contributed by atoms with Crippen LogP contribution in [-0.4, -0.2) is 23.0 Å². The van der Waals surface area contributed by atoms with Gasteiger partial charge in [0.05, 0.1) is 0 Å². The summed E-state index contributed by atoms with van der Waals surface area (Å²) < 4.78 is 1.04. The number of carbonyl (C=O) groups is 2. The van der Waals surface area contributed by atoms with Crippen LogP contribution in [0.2, 0.25) is 0 Å². The number of nitrogens with one attached hydrogen (secondary N) is 2. The largest absolute Gasteiger partial charge is 0.480 e. The molecule has 1 rings (SSSR count). The Kier molecular flexibility index (Phi) is 7.03. The lowest BCUT2D eigenvalue weighted by atomic mass is 10.1. The van der Waals surface area contributed by atoms with E-state index >= 15 is 0 Å². The summed E-state index contributed by atoms with van der Waals surface area (Å²) in [6.07, 6.45) is 1.15. The molecule has 3 N–H and O–H groups in total. The molecule has 0 aliphatic rings. The predicted molar refractivity (Wildman–Crippen MR) is 95.6 cm³/mol. The molecular formula is C16H18IN3O3. The smallest absolute Gasteiger partial charge is 0.326 e. The Bertz CT molecular complexity index is 678. The first-order valence-corrected chi connectivity index (χ1v) is 8.00. The van der Waals surface area contributed by atoms with E-state index in [0.29, 0.717) is 5.69 Å². The highest BCUT2D eigenvalue weighted by atomic mass is 127. The molecule has 0 saturated heterocycles. The van der Waals surface area contributed by atoms with Gasteiger partial charge in [-0.15, -0.1) is 0 Å². The number of carboxylic acid groups (broad SMARTS) is 1. The van der Waals surface area contributed by atoms with Crippen molar-refractivity contribution in [3.63, 3.8) is 0 Å². The Morgan fingerprint density at radius 3 is 2.52 bits per heavy atom. The van der Waals surface area contributed by atoms with Crippen molar-refractivity contribution in [2.75, 3.05) is 5.32 Å². The zero-order valence-corrected chi connectivity index (χ0v) is 15.2. The van der Waals surface area contributed by atoms with Crippen molar-refractivity contribution >= 4 is 40.2 Å². The summed E-state index contributed by atoms with van der Waals surface area (Å²) in [5.41, 5.74) is 1.30. The maximum Gasteiger partial charge on any atom is 0.326 e. The minimum Gasteiger partial charge on any atom is -0.480 e. The van der Waals surface area contributed by atoms with Crippen LogP contribution in [0.25, 0.3) is 0 Å². The second-order valence-corrected chi connectivity index (χ2v) is 6.56. The molecule has 0 bridgehead atoms. The van der Waals surface area contributed by atoms with E-state index in [1.54, 1.807) is 26.0 Å². The number of nitrogens with zero attached hydrogens (tertiary/aromatic N) is 1. The van der Waals surface area contributed by atoms with Crippen molar-refractivity contribution in [1.82, 2.24) is 5.32 Å². The van der Waals surface area contributed by atoms with Gasteiger partial charge < -0.3 is 15.7 Å². The van der Waals surface area contributed by atoms with Crippen molar-refractivity contribution in [2.24, 2.45) is 5.92 Å². The van der Waals surface area contributed by atoms with Gasteiger partial charge in [-0.25, -0.2) is 4.79 Å². The first-order chi connectivity index (χ1) is 10.8. The van der Waals surface area contributed by atoms with Crippen molar-refractivity contribution in [3.8, 4) is 6.07 Å². The average molecular weight is 427 g/mol. The lowest BCUT2D eigenvalue weighted by molar-refractivity contribution is -0.140. The zero-order chi connectivity index (χ0) is 17.6. The van der Waals surface area contributed by atoms with E-state index in [-0.39, 0.29) is 11.5 Å². The molecule has 122 valence electrons. The standard InChI is InChI=1S/C16H18IN3O3/c1-9(2)14(16(22)23)19-8-11(7-18)15(21)20-13-5-4-12(17)6-10(13)3/h4-6,8-9,14,19H,1-3H3,(H,20,21)(H,22,23)/b11-8-. The summed E-state index contributed by atoms with van der Waals surface area (Å²) in [5.74, 6) is -1.81. The number of halogens is 1. The number of nitriles is 1. The molecule has 0 radical (unpaired) electrons. The van der Waals surface area contributed by atoms with Crippen molar-refractivity contribution in [3.05, 3.63) is 39.1 Å². The molecule has 23 heavy (non-hydrogen) atoms. The van der Waals surface area contributed by atoms with Gasteiger partial charge in [0.2, 0.25) is 0 Å². The highest BCUT2D eigenvalue weighted by Crippen LogP contribution is 2.18.